The van der Waals surface area contributed by atoms with Gasteiger partial charge in [0.2, 0.25) is 5.91 Å². The van der Waals surface area contributed by atoms with Crippen LogP contribution >= 0.6 is 0 Å². The number of amides is 2. The molecule has 4 aromatic rings. The van der Waals surface area contributed by atoms with Crippen molar-refractivity contribution in [3.63, 3.8) is 0 Å². The van der Waals surface area contributed by atoms with Gasteiger partial charge < -0.3 is 16.2 Å². The summed E-state index contributed by atoms with van der Waals surface area (Å²) in [6.45, 7) is 5.19. The first-order chi connectivity index (χ1) is 16.8. The van der Waals surface area contributed by atoms with Crippen molar-refractivity contribution in [2.45, 2.75) is 12.5 Å². The highest BCUT2D eigenvalue weighted by Gasteiger charge is 2.25. The Morgan fingerprint density at radius 1 is 0.886 bits per heavy atom. The van der Waals surface area contributed by atoms with Crippen LogP contribution in [0.25, 0.3) is 22.5 Å². The van der Waals surface area contributed by atoms with Crippen molar-refractivity contribution in [2.75, 3.05) is 5.32 Å². The molecule has 0 fully saturated rings. The first-order valence-electron chi connectivity index (χ1n) is 11.0. The Morgan fingerprint density at radius 2 is 1.49 bits per heavy atom. The molecule has 1 heterocycles. The van der Waals surface area contributed by atoms with Crippen LogP contribution in [-0.4, -0.2) is 21.9 Å². The van der Waals surface area contributed by atoms with Crippen LogP contribution in [0, 0.1) is 0 Å². The number of aliphatic hydroxyl groups is 1. The summed E-state index contributed by atoms with van der Waals surface area (Å²) >= 11 is 0. The van der Waals surface area contributed by atoms with Crippen molar-refractivity contribution in [3.05, 3.63) is 120 Å². The molecule has 3 aromatic carbocycles. The van der Waals surface area contributed by atoms with Crippen LogP contribution in [0.4, 0.5) is 5.69 Å². The minimum absolute atomic E-state index is 0.293. The number of nitrogens with one attached hydrogen (secondary N) is 1. The van der Waals surface area contributed by atoms with E-state index in [2.05, 4.69) is 11.9 Å². The third kappa shape index (κ3) is 5.03. The van der Waals surface area contributed by atoms with Crippen LogP contribution in [-0.2, 0) is 10.4 Å². The molecule has 1 aromatic heterocycles. The molecule has 6 nitrogen and oxygen atoms in total. The number of hydrogen-bond donors (Lipinski definition) is 3. The molecule has 0 aliphatic rings. The molecule has 0 saturated carbocycles. The topological polar surface area (TPSA) is 105 Å². The minimum Gasteiger partial charge on any atom is -0.381 e. The second-order valence-electron chi connectivity index (χ2n) is 8.24. The van der Waals surface area contributed by atoms with E-state index in [-0.39, 0.29) is 5.91 Å². The average Bonchev–Trinajstić information content (AvgIpc) is 2.89. The van der Waals surface area contributed by atoms with Crippen LogP contribution < -0.4 is 11.1 Å². The Kier molecular flexibility index (Phi) is 6.57. The van der Waals surface area contributed by atoms with Gasteiger partial charge in [0.05, 0.1) is 17.0 Å². The third-order valence-electron chi connectivity index (χ3n) is 5.85. The smallest absolute Gasteiger partial charge is 0.250 e. The van der Waals surface area contributed by atoms with Gasteiger partial charge in [0, 0.05) is 16.8 Å². The summed E-state index contributed by atoms with van der Waals surface area (Å²) in [6.07, 6.45) is 1.20. The maximum absolute atomic E-state index is 12.1. The first kappa shape index (κ1) is 23.6. The summed E-state index contributed by atoms with van der Waals surface area (Å²) in [6, 6.07) is 27.3. The molecule has 0 saturated heterocycles. The summed E-state index contributed by atoms with van der Waals surface area (Å²) in [5.41, 5.74) is 9.47. The Labute approximate surface area is 203 Å². The molecule has 4 rings (SSSR count). The van der Waals surface area contributed by atoms with Gasteiger partial charge in [-0.2, -0.15) is 0 Å². The van der Waals surface area contributed by atoms with Gasteiger partial charge in [-0.05, 0) is 48.4 Å². The van der Waals surface area contributed by atoms with Crippen LogP contribution in [0.15, 0.2) is 104 Å². The quantitative estimate of drug-likeness (QED) is 0.339. The van der Waals surface area contributed by atoms with Crippen molar-refractivity contribution >= 4 is 17.5 Å². The van der Waals surface area contributed by atoms with Crippen LogP contribution in [0.1, 0.15) is 28.4 Å². The molecule has 0 aliphatic heterocycles. The van der Waals surface area contributed by atoms with Gasteiger partial charge in [-0.3, -0.25) is 9.59 Å². The second-order valence-corrected chi connectivity index (χ2v) is 8.24. The molecule has 0 spiro atoms. The van der Waals surface area contributed by atoms with E-state index in [1.54, 1.807) is 31.2 Å². The van der Waals surface area contributed by atoms with Crippen molar-refractivity contribution in [3.8, 4) is 22.5 Å². The lowest BCUT2D eigenvalue weighted by atomic mass is 9.87. The van der Waals surface area contributed by atoms with E-state index in [1.165, 1.54) is 6.08 Å². The zero-order valence-electron chi connectivity index (χ0n) is 19.2. The molecule has 0 radical (unpaired) electrons. The van der Waals surface area contributed by atoms with Crippen molar-refractivity contribution < 1.29 is 14.7 Å². The van der Waals surface area contributed by atoms with E-state index in [4.69, 9.17) is 10.7 Å². The Balaban J connectivity index is 1.69. The molecule has 0 bridgehead atoms. The average molecular weight is 464 g/mol. The summed E-state index contributed by atoms with van der Waals surface area (Å²) in [5.74, 6) is -0.874. The zero-order chi connectivity index (χ0) is 25.0. The summed E-state index contributed by atoms with van der Waals surface area (Å²) < 4.78 is 0. The second kappa shape index (κ2) is 9.75. The first-order valence-corrected chi connectivity index (χ1v) is 11.0. The largest absolute Gasteiger partial charge is 0.381 e. The molecule has 35 heavy (non-hydrogen) atoms. The number of benzene rings is 3. The zero-order valence-corrected chi connectivity index (χ0v) is 19.2. The van der Waals surface area contributed by atoms with E-state index in [9.17, 15) is 14.7 Å². The monoisotopic (exact) mass is 463 g/mol. The van der Waals surface area contributed by atoms with Gasteiger partial charge >= 0.3 is 0 Å². The number of primary amides is 1. The molecule has 1 unspecified atom stereocenters. The predicted octanol–water partition coefficient (Wildman–Crippen LogP) is 4.89. The van der Waals surface area contributed by atoms with Gasteiger partial charge in [0.15, 0.2) is 0 Å². The number of rotatable bonds is 7. The number of carbonyl (C=O) groups is 2. The van der Waals surface area contributed by atoms with Crippen molar-refractivity contribution in [2.24, 2.45) is 5.73 Å². The molecule has 174 valence electrons. The SMILES string of the molecule is C=CC(=O)Nc1ccc(-c2ccc(C(N)=O)c(-c3ccc(C(C)(O)c4ccccc4)cc3)n2)cc1. The van der Waals surface area contributed by atoms with E-state index < -0.39 is 11.5 Å². The normalized spacial score (nSPS) is 12.4. The maximum Gasteiger partial charge on any atom is 0.250 e. The molecule has 4 N–H and O–H groups in total. The van der Waals surface area contributed by atoms with E-state index in [0.29, 0.717) is 33.8 Å². The Bertz CT molecular complexity index is 1380. The van der Waals surface area contributed by atoms with E-state index >= 15 is 0 Å². The molecular weight excluding hydrogens is 438 g/mol. The molecular formula is C29H25N3O3. The lowest BCUT2D eigenvalue weighted by molar-refractivity contribution is -0.111. The van der Waals surface area contributed by atoms with Crippen LogP contribution in [0.2, 0.25) is 0 Å². The molecule has 6 heteroatoms. The maximum atomic E-state index is 12.1. The number of nitrogens with zero attached hydrogens (tertiary/aromatic N) is 1. The molecule has 1 atom stereocenters. The highest BCUT2D eigenvalue weighted by molar-refractivity contribution is 6.00. The van der Waals surface area contributed by atoms with Gasteiger partial charge in [-0.25, -0.2) is 4.98 Å². The highest BCUT2D eigenvalue weighted by Crippen LogP contribution is 2.32. The van der Waals surface area contributed by atoms with Crippen molar-refractivity contribution in [1.82, 2.24) is 4.98 Å². The third-order valence-corrected chi connectivity index (χ3v) is 5.85. The fraction of sp³-hybridized carbons (Fsp3) is 0.0690. The Hall–Kier alpha value is -4.55. The standard InChI is InChI=1S/C29H25N3O3/c1-3-26(33)31-23-15-11-19(12-16-23)25-18-17-24(28(30)34)27(32-25)20-9-13-22(14-10-20)29(2,35)21-7-5-4-6-8-21/h3-18,35H,1H2,2H3,(H2,30,34)(H,31,33). The fourth-order valence-corrected chi connectivity index (χ4v) is 3.84. The summed E-state index contributed by atoms with van der Waals surface area (Å²) in [7, 11) is 0. The number of hydrogen-bond acceptors (Lipinski definition) is 4. The van der Waals surface area contributed by atoms with Gasteiger partial charge in [0.1, 0.15) is 5.60 Å². The van der Waals surface area contributed by atoms with Gasteiger partial charge in [0.25, 0.3) is 5.91 Å². The highest BCUT2D eigenvalue weighted by atomic mass is 16.3. The van der Waals surface area contributed by atoms with Crippen molar-refractivity contribution in [1.29, 1.82) is 0 Å². The molecule has 2 amide bonds. The van der Waals surface area contributed by atoms with Crippen LogP contribution in [0.3, 0.4) is 0 Å². The predicted molar refractivity (Wildman–Crippen MR) is 138 cm³/mol. The Morgan fingerprint density at radius 3 is 2.09 bits per heavy atom. The lowest BCUT2D eigenvalue weighted by Gasteiger charge is -2.24. The van der Waals surface area contributed by atoms with E-state index in [0.717, 1.165) is 11.1 Å². The summed E-state index contributed by atoms with van der Waals surface area (Å²) in [5, 5.41) is 13.8. The fourth-order valence-electron chi connectivity index (χ4n) is 3.84. The van der Waals surface area contributed by atoms with E-state index in [1.807, 2.05) is 66.7 Å². The van der Waals surface area contributed by atoms with Gasteiger partial charge in [-0.1, -0.05) is 73.3 Å². The van der Waals surface area contributed by atoms with Gasteiger partial charge in [-0.15, -0.1) is 0 Å². The summed E-state index contributed by atoms with van der Waals surface area (Å²) in [4.78, 5) is 28.4. The number of anilines is 1. The minimum atomic E-state index is -1.18. The number of aromatic nitrogens is 1. The van der Waals surface area contributed by atoms with Crippen LogP contribution in [0.5, 0.6) is 0 Å². The number of nitrogens with two attached hydrogens (primary N) is 1. The lowest BCUT2D eigenvalue weighted by Crippen LogP contribution is -2.22. The molecule has 0 aliphatic carbocycles. The number of pyridine rings is 1. The number of carbonyl (C=O) groups excluding carboxylic acids is 2.